The van der Waals surface area contributed by atoms with Crippen molar-refractivity contribution in [2.75, 3.05) is 26.2 Å². The van der Waals surface area contributed by atoms with Gasteiger partial charge in [0.2, 0.25) is 5.91 Å². The largest absolute Gasteiger partial charge is 0.535 e. The Kier molecular flexibility index (Phi) is 6.79. The van der Waals surface area contributed by atoms with E-state index in [1.165, 1.54) is 0 Å². The molecule has 1 saturated heterocycles. The minimum absolute atomic E-state index is 0.0109. The molecule has 5 N–H and O–H groups in total. The summed E-state index contributed by atoms with van der Waals surface area (Å²) in [5, 5.41) is 23.7. The zero-order valence-corrected chi connectivity index (χ0v) is 19.9. The van der Waals surface area contributed by atoms with Gasteiger partial charge in [0.15, 0.2) is 0 Å². The van der Waals surface area contributed by atoms with Gasteiger partial charge in [-0.25, -0.2) is 4.79 Å². The van der Waals surface area contributed by atoms with Crippen molar-refractivity contribution in [3.05, 3.63) is 35.4 Å². The number of nitrogens with zero attached hydrogens (tertiary/aromatic N) is 1. The number of nitrogens with two attached hydrogens (primary N) is 1. The predicted octanol–water partition coefficient (Wildman–Crippen LogP) is 1.76. The number of amides is 1. The Morgan fingerprint density at radius 3 is 2.66 bits per heavy atom. The van der Waals surface area contributed by atoms with E-state index in [1.807, 2.05) is 6.07 Å². The summed E-state index contributed by atoms with van der Waals surface area (Å²) in [5.74, 6) is -0.413. The Hall–Kier alpha value is -2.56. The Labute approximate surface area is 205 Å². The minimum atomic E-state index is -1.16. The van der Waals surface area contributed by atoms with Crippen molar-refractivity contribution in [3.8, 4) is 11.5 Å². The third-order valence-electron chi connectivity index (χ3n) is 8.08. The number of benzene rings is 1. The molecule has 35 heavy (non-hydrogen) atoms. The van der Waals surface area contributed by atoms with Crippen LogP contribution in [-0.4, -0.2) is 72.4 Å². The first kappa shape index (κ1) is 24.2. The van der Waals surface area contributed by atoms with E-state index in [-0.39, 0.29) is 40.8 Å². The highest BCUT2D eigenvalue weighted by atomic mass is 16.5. The van der Waals surface area contributed by atoms with Crippen LogP contribution < -0.4 is 20.4 Å². The molecule has 2 atom stereocenters. The van der Waals surface area contributed by atoms with Crippen LogP contribution in [0.2, 0.25) is 5.82 Å². The highest BCUT2D eigenvalue weighted by Crippen LogP contribution is 2.58. The van der Waals surface area contributed by atoms with E-state index < -0.39 is 13.1 Å². The van der Waals surface area contributed by atoms with Crippen LogP contribution in [-0.2, 0) is 4.79 Å². The third kappa shape index (κ3) is 4.67. The number of allylic oxidation sites excluding steroid dienone is 1. The highest BCUT2D eigenvalue weighted by Gasteiger charge is 2.51. The van der Waals surface area contributed by atoms with E-state index in [0.717, 1.165) is 43.4 Å². The number of nitrogens with one attached hydrogen (secondary N) is 1. The summed E-state index contributed by atoms with van der Waals surface area (Å²) < 4.78 is 11.6. The van der Waals surface area contributed by atoms with Gasteiger partial charge in [-0.3, -0.25) is 4.79 Å². The minimum Gasteiger partial charge on any atom is -0.535 e. The van der Waals surface area contributed by atoms with Gasteiger partial charge in [-0.05, 0) is 55.6 Å². The standard InChI is InChI=1S/C25H34BN3O6/c1-14-10-19-18-6-7-20(22(25(31)32)24(18)35-26(33)23(14)19)34-17-12-29(13-17)21(30)11-15-2-4-16(5-3-15)28-9-8-27/h6-7,15-17,19,23,28,33H,1-5,8-13,27H2,(H,31,32)/t15-,16-,19-,23-/m1/s1. The van der Waals surface area contributed by atoms with E-state index in [4.69, 9.17) is 15.1 Å². The van der Waals surface area contributed by atoms with Gasteiger partial charge >= 0.3 is 13.1 Å². The van der Waals surface area contributed by atoms with Crippen LogP contribution in [0.3, 0.4) is 0 Å². The van der Waals surface area contributed by atoms with E-state index in [0.29, 0.717) is 44.4 Å². The first-order valence-corrected chi connectivity index (χ1v) is 12.7. The number of carbonyl (C=O) groups excluding carboxylic acids is 1. The lowest BCUT2D eigenvalue weighted by Gasteiger charge is -2.45. The SMILES string of the molecule is C=C1C[C@@H]2c3ccc(OC4CN(C(=O)C[C@H]5CC[C@H](NCCN)CC5)C4)c(C(=O)O)c3OB(O)[C@H]12. The molecule has 0 spiro atoms. The molecule has 188 valence electrons. The fourth-order valence-corrected chi connectivity index (χ4v) is 6.00. The maximum Gasteiger partial charge on any atom is 0.530 e. The van der Waals surface area contributed by atoms with Crippen LogP contribution in [0.5, 0.6) is 11.5 Å². The fourth-order valence-electron chi connectivity index (χ4n) is 6.00. The summed E-state index contributed by atoms with van der Waals surface area (Å²) in [5.41, 5.74) is 7.18. The molecule has 2 saturated carbocycles. The molecule has 0 unspecified atom stereocenters. The second-order valence-corrected chi connectivity index (χ2v) is 10.4. The van der Waals surface area contributed by atoms with Crippen molar-refractivity contribution in [2.24, 2.45) is 11.7 Å². The molecular weight excluding hydrogens is 449 g/mol. The number of hydrogen-bond acceptors (Lipinski definition) is 7. The van der Waals surface area contributed by atoms with Crippen LogP contribution >= 0.6 is 0 Å². The van der Waals surface area contributed by atoms with Gasteiger partial charge in [0.05, 0.1) is 13.1 Å². The monoisotopic (exact) mass is 483 g/mol. The van der Waals surface area contributed by atoms with Gasteiger partial charge in [0.1, 0.15) is 23.2 Å². The van der Waals surface area contributed by atoms with Crippen molar-refractivity contribution >= 4 is 19.0 Å². The lowest BCUT2D eigenvalue weighted by Crippen LogP contribution is -2.56. The number of fused-ring (bicyclic) bond motifs is 3. The number of carboxylic acids is 1. The predicted molar refractivity (Wildman–Crippen MR) is 131 cm³/mol. The maximum atomic E-state index is 12.7. The molecule has 2 aliphatic heterocycles. The van der Waals surface area contributed by atoms with Crippen molar-refractivity contribution < 1.29 is 29.1 Å². The molecule has 9 nitrogen and oxygen atoms in total. The molecule has 2 aliphatic carbocycles. The third-order valence-corrected chi connectivity index (χ3v) is 8.08. The van der Waals surface area contributed by atoms with Crippen molar-refractivity contribution in [3.63, 3.8) is 0 Å². The fraction of sp³-hybridized carbons (Fsp3) is 0.600. The smallest absolute Gasteiger partial charge is 0.530 e. The molecule has 1 aromatic carbocycles. The molecule has 2 heterocycles. The Morgan fingerprint density at radius 1 is 1.26 bits per heavy atom. The normalized spacial score (nSPS) is 27.8. The second kappa shape index (κ2) is 9.83. The van der Waals surface area contributed by atoms with E-state index in [1.54, 1.807) is 11.0 Å². The van der Waals surface area contributed by atoms with E-state index in [2.05, 4.69) is 11.9 Å². The Bertz CT molecular complexity index is 1010. The molecule has 5 rings (SSSR count). The van der Waals surface area contributed by atoms with Crippen LogP contribution in [0.25, 0.3) is 0 Å². The molecule has 0 aromatic heterocycles. The molecule has 1 aromatic rings. The molecule has 1 amide bonds. The van der Waals surface area contributed by atoms with Crippen molar-refractivity contribution in [1.82, 2.24) is 10.2 Å². The lowest BCUT2D eigenvalue weighted by atomic mass is 9.49. The summed E-state index contributed by atoms with van der Waals surface area (Å²) in [4.78, 5) is 26.6. The summed E-state index contributed by atoms with van der Waals surface area (Å²) in [6, 6.07) is 4.00. The van der Waals surface area contributed by atoms with E-state index >= 15 is 0 Å². The highest BCUT2D eigenvalue weighted by molar-refractivity contribution is 6.48. The van der Waals surface area contributed by atoms with Gasteiger partial charge in [0, 0.05) is 31.4 Å². The lowest BCUT2D eigenvalue weighted by molar-refractivity contribution is -0.141. The second-order valence-electron chi connectivity index (χ2n) is 10.4. The number of hydrogen-bond donors (Lipinski definition) is 4. The molecule has 0 bridgehead atoms. The number of rotatable bonds is 8. The maximum absolute atomic E-state index is 12.7. The van der Waals surface area contributed by atoms with Crippen LogP contribution in [0.4, 0.5) is 0 Å². The van der Waals surface area contributed by atoms with Gasteiger partial charge in [-0.2, -0.15) is 0 Å². The molecular formula is C25H34BN3O6. The van der Waals surface area contributed by atoms with Crippen LogP contribution in [0, 0.1) is 5.92 Å². The first-order valence-electron chi connectivity index (χ1n) is 12.7. The van der Waals surface area contributed by atoms with Crippen molar-refractivity contribution in [1.29, 1.82) is 0 Å². The van der Waals surface area contributed by atoms with Gasteiger partial charge in [0.25, 0.3) is 0 Å². The summed E-state index contributed by atoms with van der Waals surface area (Å²) in [7, 11) is -1.11. The molecule has 4 aliphatic rings. The number of likely N-dealkylation sites (tertiary alicyclic amines) is 1. The number of carboxylic acid groups (broad SMARTS) is 1. The average molecular weight is 483 g/mol. The molecule has 10 heteroatoms. The summed E-state index contributed by atoms with van der Waals surface area (Å²) in [6.45, 7) is 6.31. The zero-order chi connectivity index (χ0) is 24.7. The summed E-state index contributed by atoms with van der Waals surface area (Å²) >= 11 is 0. The first-order chi connectivity index (χ1) is 16.9. The zero-order valence-electron chi connectivity index (χ0n) is 19.9. The molecule has 3 fully saturated rings. The molecule has 0 radical (unpaired) electrons. The number of carbonyl (C=O) groups is 2. The van der Waals surface area contributed by atoms with Gasteiger partial charge in [-0.1, -0.05) is 18.2 Å². The average Bonchev–Trinajstić information content (AvgIpc) is 2.78. The van der Waals surface area contributed by atoms with Gasteiger partial charge < -0.3 is 35.5 Å². The van der Waals surface area contributed by atoms with E-state index in [9.17, 15) is 19.7 Å². The van der Waals surface area contributed by atoms with Crippen LogP contribution in [0.15, 0.2) is 24.3 Å². The topological polar surface area (TPSA) is 134 Å². The van der Waals surface area contributed by atoms with Crippen LogP contribution in [0.1, 0.15) is 60.4 Å². The quantitative estimate of drug-likeness (QED) is 0.325. The Morgan fingerprint density at radius 2 is 2.00 bits per heavy atom. The van der Waals surface area contributed by atoms with Crippen molar-refractivity contribution in [2.45, 2.75) is 62.4 Å². The summed E-state index contributed by atoms with van der Waals surface area (Å²) in [6.07, 6.45) is 5.23. The van der Waals surface area contributed by atoms with Gasteiger partial charge in [-0.15, -0.1) is 0 Å². The number of ether oxygens (including phenoxy) is 1. The Balaban J connectivity index is 1.16. The number of aromatic carboxylic acids is 1.